The number of pyridine rings is 1. The van der Waals surface area contributed by atoms with Crippen molar-refractivity contribution in [1.82, 2.24) is 15.0 Å². The lowest BCUT2D eigenvalue weighted by Gasteiger charge is -2.15. The van der Waals surface area contributed by atoms with E-state index < -0.39 is 0 Å². The second-order valence-corrected chi connectivity index (χ2v) is 7.50. The number of carbonyl (C=O) groups excluding carboxylic acids is 1. The molecule has 1 atom stereocenters. The van der Waals surface area contributed by atoms with Gasteiger partial charge in [-0.2, -0.15) is 4.98 Å². The highest BCUT2D eigenvalue weighted by Gasteiger charge is 2.13. The summed E-state index contributed by atoms with van der Waals surface area (Å²) in [6, 6.07) is 8.37. The number of hydrogen-bond acceptors (Lipinski definition) is 5. The zero-order chi connectivity index (χ0) is 20.3. The Morgan fingerprint density at radius 2 is 2.00 bits per heavy atom. The van der Waals surface area contributed by atoms with E-state index in [4.69, 9.17) is 11.6 Å². The average Bonchev–Trinajstić information content (AvgIpc) is 2.61. The Bertz CT molecular complexity index is 1060. The maximum absolute atomic E-state index is 12.4. The number of anilines is 2. The van der Waals surface area contributed by atoms with E-state index in [-0.39, 0.29) is 23.4 Å². The highest BCUT2D eigenvalue weighted by molar-refractivity contribution is 6.31. The Balaban J connectivity index is 1.79. The molecule has 7 nitrogen and oxygen atoms in total. The molecule has 0 aliphatic rings. The molecule has 1 aromatic carbocycles. The van der Waals surface area contributed by atoms with Crippen LogP contribution in [0.1, 0.15) is 38.8 Å². The van der Waals surface area contributed by atoms with Crippen molar-refractivity contribution in [2.24, 2.45) is 5.92 Å². The van der Waals surface area contributed by atoms with Gasteiger partial charge in [0.25, 0.3) is 5.56 Å². The van der Waals surface area contributed by atoms with E-state index in [1.165, 1.54) is 0 Å². The summed E-state index contributed by atoms with van der Waals surface area (Å²) in [7, 11) is 0. The molecule has 2 heterocycles. The normalized spacial score (nSPS) is 12.2. The number of benzene rings is 1. The van der Waals surface area contributed by atoms with Gasteiger partial charge in [0.2, 0.25) is 11.9 Å². The van der Waals surface area contributed by atoms with Crippen LogP contribution < -0.4 is 16.2 Å². The lowest BCUT2D eigenvalue weighted by molar-refractivity contribution is -0.116. The Morgan fingerprint density at radius 1 is 1.21 bits per heavy atom. The Morgan fingerprint density at radius 3 is 2.75 bits per heavy atom. The van der Waals surface area contributed by atoms with Gasteiger partial charge in [-0.15, -0.1) is 0 Å². The summed E-state index contributed by atoms with van der Waals surface area (Å²) in [5.74, 6) is 0.887. The van der Waals surface area contributed by atoms with Gasteiger partial charge in [-0.3, -0.25) is 9.59 Å². The third kappa shape index (κ3) is 4.86. The van der Waals surface area contributed by atoms with Gasteiger partial charge in [-0.1, -0.05) is 25.4 Å². The van der Waals surface area contributed by atoms with Crippen molar-refractivity contribution in [2.75, 3.05) is 10.6 Å². The first-order chi connectivity index (χ1) is 13.3. The summed E-state index contributed by atoms with van der Waals surface area (Å²) >= 11 is 6.05. The molecule has 0 radical (unpaired) electrons. The molecule has 0 saturated carbocycles. The van der Waals surface area contributed by atoms with Crippen LogP contribution in [-0.4, -0.2) is 20.9 Å². The van der Waals surface area contributed by atoms with Crippen LogP contribution >= 0.6 is 11.6 Å². The van der Waals surface area contributed by atoms with Crippen LogP contribution in [-0.2, 0) is 4.79 Å². The van der Waals surface area contributed by atoms with Gasteiger partial charge in [0, 0.05) is 34.1 Å². The van der Waals surface area contributed by atoms with Crippen molar-refractivity contribution in [1.29, 1.82) is 0 Å². The standard InChI is InChI=1S/C20H22ClN5O2/c1-11(2)8-18(27)25-17-6-7-22-20(26-17)23-12(3)15-10-13-9-14(21)4-5-16(13)24-19(15)28/h4-7,9-12H,8H2,1-3H3,(H,24,28)(H2,22,23,25,26,27). The fraction of sp³-hybridized carbons (Fsp3) is 0.300. The molecule has 1 unspecified atom stereocenters. The number of aromatic nitrogens is 3. The Labute approximate surface area is 167 Å². The zero-order valence-electron chi connectivity index (χ0n) is 15.9. The summed E-state index contributed by atoms with van der Waals surface area (Å²) in [6.45, 7) is 5.79. The zero-order valence-corrected chi connectivity index (χ0v) is 16.7. The lowest BCUT2D eigenvalue weighted by Crippen LogP contribution is -2.20. The van der Waals surface area contributed by atoms with Gasteiger partial charge < -0.3 is 15.6 Å². The Kier molecular flexibility index (Phi) is 5.94. The van der Waals surface area contributed by atoms with Gasteiger partial charge in [0.1, 0.15) is 5.82 Å². The van der Waals surface area contributed by atoms with E-state index in [0.29, 0.717) is 28.8 Å². The van der Waals surface area contributed by atoms with Crippen LogP contribution in [0.3, 0.4) is 0 Å². The summed E-state index contributed by atoms with van der Waals surface area (Å²) in [5.41, 5.74) is 1.06. The highest BCUT2D eigenvalue weighted by Crippen LogP contribution is 2.21. The number of halogens is 1. The molecule has 28 heavy (non-hydrogen) atoms. The number of aromatic amines is 1. The molecule has 8 heteroatoms. The van der Waals surface area contributed by atoms with Crippen molar-refractivity contribution in [3.05, 3.63) is 57.5 Å². The van der Waals surface area contributed by atoms with Crippen LogP contribution in [0.15, 0.2) is 41.3 Å². The third-order valence-electron chi connectivity index (χ3n) is 4.16. The first kappa shape index (κ1) is 19.8. The molecule has 146 valence electrons. The van der Waals surface area contributed by atoms with Gasteiger partial charge in [0.05, 0.1) is 6.04 Å². The summed E-state index contributed by atoms with van der Waals surface area (Å²) < 4.78 is 0. The van der Waals surface area contributed by atoms with Gasteiger partial charge in [0.15, 0.2) is 0 Å². The maximum Gasteiger partial charge on any atom is 0.253 e. The minimum absolute atomic E-state index is 0.101. The molecular weight excluding hydrogens is 378 g/mol. The minimum Gasteiger partial charge on any atom is -0.347 e. The number of nitrogens with one attached hydrogen (secondary N) is 3. The number of carbonyl (C=O) groups is 1. The van der Waals surface area contributed by atoms with Crippen LogP contribution in [0, 0.1) is 5.92 Å². The predicted molar refractivity (Wildman–Crippen MR) is 112 cm³/mol. The van der Waals surface area contributed by atoms with Crippen LogP contribution in [0.5, 0.6) is 0 Å². The number of fused-ring (bicyclic) bond motifs is 1. The highest BCUT2D eigenvalue weighted by atomic mass is 35.5. The fourth-order valence-corrected chi connectivity index (χ4v) is 3.03. The predicted octanol–water partition coefficient (Wildman–Crippen LogP) is 4.13. The maximum atomic E-state index is 12.4. The Hall–Kier alpha value is -2.93. The van der Waals surface area contributed by atoms with Crippen LogP contribution in [0.25, 0.3) is 10.9 Å². The number of rotatable bonds is 6. The van der Waals surface area contributed by atoms with Gasteiger partial charge in [-0.05, 0) is 43.2 Å². The largest absolute Gasteiger partial charge is 0.347 e. The van der Waals surface area contributed by atoms with E-state index in [2.05, 4.69) is 25.6 Å². The van der Waals surface area contributed by atoms with E-state index in [1.54, 1.807) is 36.5 Å². The SMILES string of the molecule is CC(C)CC(=O)Nc1ccnc(NC(C)c2cc3cc(Cl)ccc3[nH]c2=O)n1. The minimum atomic E-state index is -0.353. The molecule has 3 aromatic rings. The molecule has 0 saturated heterocycles. The van der Waals surface area contributed by atoms with Gasteiger partial charge >= 0.3 is 0 Å². The number of hydrogen-bond donors (Lipinski definition) is 3. The number of nitrogens with zero attached hydrogens (tertiary/aromatic N) is 2. The van der Waals surface area contributed by atoms with E-state index in [9.17, 15) is 9.59 Å². The molecule has 0 aliphatic carbocycles. The van der Waals surface area contributed by atoms with Crippen molar-refractivity contribution in [2.45, 2.75) is 33.2 Å². The molecule has 1 amide bonds. The van der Waals surface area contributed by atoms with Crippen LogP contribution in [0.2, 0.25) is 5.02 Å². The molecule has 2 aromatic heterocycles. The second kappa shape index (κ2) is 8.39. The first-order valence-electron chi connectivity index (χ1n) is 9.03. The third-order valence-corrected chi connectivity index (χ3v) is 4.40. The van der Waals surface area contributed by atoms with E-state index in [1.807, 2.05) is 20.8 Å². The van der Waals surface area contributed by atoms with E-state index >= 15 is 0 Å². The fourth-order valence-electron chi connectivity index (χ4n) is 2.85. The monoisotopic (exact) mass is 399 g/mol. The molecule has 0 spiro atoms. The lowest BCUT2D eigenvalue weighted by atomic mass is 10.1. The summed E-state index contributed by atoms with van der Waals surface area (Å²) in [6.07, 6.45) is 1.97. The molecule has 0 aliphatic heterocycles. The summed E-state index contributed by atoms with van der Waals surface area (Å²) in [4.78, 5) is 35.7. The van der Waals surface area contributed by atoms with Gasteiger partial charge in [-0.25, -0.2) is 4.98 Å². The summed E-state index contributed by atoms with van der Waals surface area (Å²) in [5, 5.41) is 7.30. The molecular formula is C20H22ClN5O2. The average molecular weight is 400 g/mol. The number of H-pyrrole nitrogens is 1. The quantitative estimate of drug-likeness (QED) is 0.578. The molecule has 0 fully saturated rings. The van der Waals surface area contributed by atoms with Crippen molar-refractivity contribution < 1.29 is 4.79 Å². The molecule has 3 rings (SSSR count). The van der Waals surface area contributed by atoms with E-state index in [0.717, 1.165) is 10.9 Å². The number of amides is 1. The topological polar surface area (TPSA) is 99.8 Å². The first-order valence-corrected chi connectivity index (χ1v) is 9.41. The van der Waals surface area contributed by atoms with Crippen molar-refractivity contribution in [3.63, 3.8) is 0 Å². The van der Waals surface area contributed by atoms with Crippen molar-refractivity contribution >= 4 is 40.2 Å². The van der Waals surface area contributed by atoms with Crippen LogP contribution in [0.4, 0.5) is 11.8 Å². The second-order valence-electron chi connectivity index (χ2n) is 7.06. The molecule has 3 N–H and O–H groups in total. The van der Waals surface area contributed by atoms with Crippen molar-refractivity contribution in [3.8, 4) is 0 Å². The molecule has 0 bridgehead atoms. The smallest absolute Gasteiger partial charge is 0.253 e.